The van der Waals surface area contributed by atoms with Gasteiger partial charge in [-0.05, 0) is 32.6 Å². The molecule has 1 atom stereocenters. The standard InChI is InChI=1S/C18H24N4O3/c1-12-10-15(21-25-12)18(23)22-9-5-8-14(11-22)17-20-19-16(24-17)13-6-3-2-4-7-13/h10,13-14H,2-9,11H2,1H3. The molecule has 1 aliphatic heterocycles. The summed E-state index contributed by atoms with van der Waals surface area (Å²) < 4.78 is 11.0. The Hall–Kier alpha value is -2.18. The topological polar surface area (TPSA) is 85.3 Å². The number of piperidine rings is 1. The maximum Gasteiger partial charge on any atom is 0.276 e. The van der Waals surface area contributed by atoms with Crippen LogP contribution in [-0.2, 0) is 0 Å². The number of carbonyl (C=O) groups excluding carboxylic acids is 1. The molecule has 2 fully saturated rings. The molecule has 1 saturated heterocycles. The number of hydrogen-bond donors (Lipinski definition) is 0. The van der Waals surface area contributed by atoms with Gasteiger partial charge in [-0.1, -0.05) is 24.4 Å². The molecule has 0 N–H and O–H groups in total. The molecular formula is C18H24N4O3. The summed E-state index contributed by atoms with van der Waals surface area (Å²) in [6.07, 6.45) is 7.96. The molecule has 134 valence electrons. The normalized spacial score (nSPS) is 22.3. The van der Waals surface area contributed by atoms with Crippen LogP contribution in [0.1, 0.15) is 84.8 Å². The second-order valence-corrected chi connectivity index (χ2v) is 7.23. The molecule has 2 aliphatic rings. The molecule has 0 bridgehead atoms. The first-order valence-electron chi connectivity index (χ1n) is 9.26. The predicted molar refractivity (Wildman–Crippen MR) is 89.2 cm³/mol. The summed E-state index contributed by atoms with van der Waals surface area (Å²) >= 11 is 0. The summed E-state index contributed by atoms with van der Waals surface area (Å²) in [7, 11) is 0. The minimum Gasteiger partial charge on any atom is -0.425 e. The van der Waals surface area contributed by atoms with Crippen LogP contribution in [0.15, 0.2) is 15.0 Å². The van der Waals surface area contributed by atoms with Crippen LogP contribution in [0.4, 0.5) is 0 Å². The maximum absolute atomic E-state index is 12.6. The van der Waals surface area contributed by atoms with E-state index >= 15 is 0 Å². The number of likely N-dealkylation sites (tertiary alicyclic amines) is 1. The molecule has 2 aromatic rings. The van der Waals surface area contributed by atoms with Crippen LogP contribution >= 0.6 is 0 Å². The molecule has 3 heterocycles. The molecule has 7 heteroatoms. The van der Waals surface area contributed by atoms with E-state index < -0.39 is 0 Å². The van der Waals surface area contributed by atoms with Gasteiger partial charge in [0.15, 0.2) is 5.69 Å². The van der Waals surface area contributed by atoms with E-state index in [9.17, 15) is 4.79 Å². The van der Waals surface area contributed by atoms with Crippen molar-refractivity contribution in [1.29, 1.82) is 0 Å². The molecule has 0 aromatic carbocycles. The Morgan fingerprint density at radius 2 is 1.80 bits per heavy atom. The van der Waals surface area contributed by atoms with Gasteiger partial charge in [-0.25, -0.2) is 0 Å². The molecule has 1 aliphatic carbocycles. The van der Waals surface area contributed by atoms with Crippen molar-refractivity contribution in [2.45, 2.75) is 63.7 Å². The first-order valence-corrected chi connectivity index (χ1v) is 9.26. The smallest absolute Gasteiger partial charge is 0.276 e. The fourth-order valence-electron chi connectivity index (χ4n) is 3.92. The third kappa shape index (κ3) is 3.45. The minimum absolute atomic E-state index is 0.0893. The van der Waals surface area contributed by atoms with Gasteiger partial charge in [-0.2, -0.15) is 0 Å². The van der Waals surface area contributed by atoms with Crippen LogP contribution in [0.2, 0.25) is 0 Å². The fourth-order valence-corrected chi connectivity index (χ4v) is 3.92. The molecule has 0 spiro atoms. The van der Waals surface area contributed by atoms with Gasteiger partial charge in [0.05, 0.1) is 5.92 Å². The zero-order valence-corrected chi connectivity index (χ0v) is 14.6. The number of amides is 1. The largest absolute Gasteiger partial charge is 0.425 e. The van der Waals surface area contributed by atoms with Crippen molar-refractivity contribution < 1.29 is 13.7 Å². The lowest BCUT2D eigenvalue weighted by Crippen LogP contribution is -2.39. The van der Waals surface area contributed by atoms with Gasteiger partial charge in [0.25, 0.3) is 5.91 Å². The molecule has 0 radical (unpaired) electrons. The number of carbonyl (C=O) groups is 1. The highest BCUT2D eigenvalue weighted by atomic mass is 16.5. The summed E-state index contributed by atoms with van der Waals surface area (Å²) in [4.78, 5) is 14.4. The number of nitrogens with zero attached hydrogens (tertiary/aromatic N) is 4. The first-order chi connectivity index (χ1) is 12.2. The maximum atomic E-state index is 12.6. The SMILES string of the molecule is Cc1cc(C(=O)N2CCCC(c3nnc(C4CCCCC4)o3)C2)no1. The number of hydrogen-bond acceptors (Lipinski definition) is 6. The lowest BCUT2D eigenvalue weighted by molar-refractivity contribution is 0.0687. The van der Waals surface area contributed by atoms with Crippen LogP contribution in [0.25, 0.3) is 0 Å². The summed E-state index contributed by atoms with van der Waals surface area (Å²) in [5.74, 6) is 2.53. The van der Waals surface area contributed by atoms with E-state index in [1.54, 1.807) is 13.0 Å². The molecule has 1 amide bonds. The Labute approximate surface area is 146 Å². The van der Waals surface area contributed by atoms with E-state index in [2.05, 4.69) is 15.4 Å². The Bertz CT molecular complexity index is 732. The summed E-state index contributed by atoms with van der Waals surface area (Å²) in [6.45, 7) is 3.11. The lowest BCUT2D eigenvalue weighted by atomic mass is 9.89. The highest BCUT2D eigenvalue weighted by Gasteiger charge is 2.31. The van der Waals surface area contributed by atoms with E-state index in [0.717, 1.165) is 38.1 Å². The van der Waals surface area contributed by atoms with Gasteiger partial charge in [-0.3, -0.25) is 4.79 Å². The summed E-state index contributed by atoms with van der Waals surface area (Å²) in [5, 5.41) is 12.4. The van der Waals surface area contributed by atoms with Crippen molar-refractivity contribution in [2.75, 3.05) is 13.1 Å². The average molecular weight is 344 g/mol. The zero-order valence-electron chi connectivity index (χ0n) is 14.6. The van der Waals surface area contributed by atoms with Gasteiger partial charge < -0.3 is 13.8 Å². The second-order valence-electron chi connectivity index (χ2n) is 7.23. The van der Waals surface area contributed by atoms with Gasteiger partial charge in [-0.15, -0.1) is 10.2 Å². The summed E-state index contributed by atoms with van der Waals surface area (Å²) in [5.41, 5.74) is 0.367. The van der Waals surface area contributed by atoms with Gasteiger partial charge in [0.1, 0.15) is 5.76 Å². The van der Waals surface area contributed by atoms with Crippen LogP contribution in [0, 0.1) is 6.92 Å². The molecule has 1 unspecified atom stereocenters. The van der Waals surface area contributed by atoms with Crippen molar-refractivity contribution in [2.24, 2.45) is 0 Å². The molecule has 7 nitrogen and oxygen atoms in total. The van der Waals surface area contributed by atoms with Crippen molar-refractivity contribution in [3.63, 3.8) is 0 Å². The fraction of sp³-hybridized carbons (Fsp3) is 0.667. The second kappa shape index (κ2) is 6.98. The van der Waals surface area contributed by atoms with Crippen LogP contribution in [0.3, 0.4) is 0 Å². The third-order valence-electron chi connectivity index (χ3n) is 5.32. The Morgan fingerprint density at radius 3 is 2.52 bits per heavy atom. The Balaban J connectivity index is 1.44. The number of rotatable bonds is 3. The van der Waals surface area contributed by atoms with Crippen LogP contribution in [-0.4, -0.2) is 39.3 Å². The van der Waals surface area contributed by atoms with E-state index in [1.807, 2.05) is 4.90 Å². The molecule has 2 aromatic heterocycles. The molecular weight excluding hydrogens is 320 g/mol. The molecule has 4 rings (SSSR count). The van der Waals surface area contributed by atoms with Crippen molar-refractivity contribution in [3.05, 3.63) is 29.3 Å². The quantitative estimate of drug-likeness (QED) is 0.848. The Morgan fingerprint density at radius 1 is 1.08 bits per heavy atom. The van der Waals surface area contributed by atoms with Crippen LogP contribution < -0.4 is 0 Å². The van der Waals surface area contributed by atoms with Crippen molar-refractivity contribution in [1.82, 2.24) is 20.3 Å². The van der Waals surface area contributed by atoms with Crippen molar-refractivity contribution in [3.8, 4) is 0 Å². The van der Waals surface area contributed by atoms with Crippen LogP contribution in [0.5, 0.6) is 0 Å². The minimum atomic E-state index is -0.0893. The van der Waals surface area contributed by atoms with E-state index in [0.29, 0.717) is 29.8 Å². The van der Waals surface area contributed by atoms with Crippen molar-refractivity contribution >= 4 is 5.91 Å². The van der Waals surface area contributed by atoms with E-state index in [1.165, 1.54) is 19.3 Å². The Kier molecular flexibility index (Phi) is 4.55. The van der Waals surface area contributed by atoms with Gasteiger partial charge >= 0.3 is 0 Å². The number of aryl methyl sites for hydroxylation is 1. The average Bonchev–Trinajstić information content (AvgIpc) is 3.31. The third-order valence-corrected chi connectivity index (χ3v) is 5.32. The summed E-state index contributed by atoms with van der Waals surface area (Å²) in [6, 6.07) is 1.68. The van der Waals surface area contributed by atoms with E-state index in [4.69, 9.17) is 8.94 Å². The van der Waals surface area contributed by atoms with E-state index in [-0.39, 0.29) is 11.8 Å². The number of aromatic nitrogens is 3. The first kappa shape index (κ1) is 16.3. The molecule has 1 saturated carbocycles. The lowest BCUT2D eigenvalue weighted by Gasteiger charge is -2.30. The highest BCUT2D eigenvalue weighted by Crippen LogP contribution is 2.34. The predicted octanol–water partition coefficient (Wildman–Crippen LogP) is 3.43. The van der Waals surface area contributed by atoms with Gasteiger partial charge in [0.2, 0.25) is 11.8 Å². The highest BCUT2D eigenvalue weighted by molar-refractivity contribution is 5.92. The zero-order chi connectivity index (χ0) is 17.2. The van der Waals surface area contributed by atoms with Gasteiger partial charge in [0, 0.05) is 25.1 Å². The molecule has 25 heavy (non-hydrogen) atoms. The monoisotopic (exact) mass is 344 g/mol.